The first-order valence-electron chi connectivity index (χ1n) is 7.04. The van der Waals surface area contributed by atoms with Crippen LogP contribution in [0.15, 0.2) is 48.5 Å². The van der Waals surface area contributed by atoms with Crippen LogP contribution >= 0.6 is 0 Å². The summed E-state index contributed by atoms with van der Waals surface area (Å²) in [6.07, 6.45) is 0. The number of amides is 2. The molecule has 116 valence electrons. The molecule has 0 fully saturated rings. The number of rotatable bonds is 5. The Hall–Kier alpha value is -2.69. The largest absolute Gasteiger partial charge is 0.497 e. The Morgan fingerprint density at radius 2 is 1.64 bits per heavy atom. The Morgan fingerprint density at radius 1 is 1.05 bits per heavy atom. The lowest BCUT2D eigenvalue weighted by atomic mass is 10.2. The number of nitrogens with one attached hydrogen (secondary N) is 1. The average Bonchev–Trinajstić information content (AvgIpc) is 2.56. The summed E-state index contributed by atoms with van der Waals surface area (Å²) in [5.74, 6) is 1.25. The van der Waals surface area contributed by atoms with E-state index in [1.807, 2.05) is 37.3 Å². The molecular formula is C17H20N2O3. The molecule has 5 nitrogen and oxygen atoms in total. The van der Waals surface area contributed by atoms with Gasteiger partial charge in [-0.25, -0.2) is 4.79 Å². The zero-order valence-electron chi connectivity index (χ0n) is 13.0. The minimum Gasteiger partial charge on any atom is -0.497 e. The molecule has 0 atom stereocenters. The van der Waals surface area contributed by atoms with Crippen LogP contribution in [0.3, 0.4) is 0 Å². The highest BCUT2D eigenvalue weighted by Gasteiger charge is 2.14. The van der Waals surface area contributed by atoms with E-state index in [9.17, 15) is 4.79 Å². The second-order valence-corrected chi connectivity index (χ2v) is 4.61. The standard InChI is InChI=1S/C17H20N2O3/c1-4-19(14-8-6-5-7-9-14)17(20)18-13-10-15(21-2)12-16(11-13)22-3/h5-12H,4H2,1-3H3,(H,18,20). The van der Waals surface area contributed by atoms with Crippen molar-refractivity contribution in [1.29, 1.82) is 0 Å². The molecule has 0 radical (unpaired) electrons. The molecule has 0 heterocycles. The molecule has 2 aromatic rings. The minimum absolute atomic E-state index is 0.205. The topological polar surface area (TPSA) is 50.8 Å². The van der Waals surface area contributed by atoms with Crippen molar-refractivity contribution in [2.75, 3.05) is 31.0 Å². The number of methoxy groups -OCH3 is 2. The Labute approximate surface area is 130 Å². The second-order valence-electron chi connectivity index (χ2n) is 4.61. The van der Waals surface area contributed by atoms with E-state index in [0.717, 1.165) is 5.69 Å². The quantitative estimate of drug-likeness (QED) is 0.914. The molecule has 1 N–H and O–H groups in total. The minimum atomic E-state index is -0.205. The molecule has 2 aromatic carbocycles. The van der Waals surface area contributed by atoms with Crippen molar-refractivity contribution in [2.24, 2.45) is 0 Å². The van der Waals surface area contributed by atoms with Crippen LogP contribution in [0.1, 0.15) is 6.92 Å². The third kappa shape index (κ3) is 3.69. The third-order valence-electron chi connectivity index (χ3n) is 3.23. The van der Waals surface area contributed by atoms with Gasteiger partial charge in [0.05, 0.1) is 14.2 Å². The van der Waals surface area contributed by atoms with Crippen molar-refractivity contribution in [3.05, 3.63) is 48.5 Å². The summed E-state index contributed by atoms with van der Waals surface area (Å²) in [7, 11) is 3.14. The molecule has 0 aromatic heterocycles. The van der Waals surface area contributed by atoms with Crippen LogP contribution in [0.25, 0.3) is 0 Å². The Balaban J connectivity index is 2.20. The fourth-order valence-electron chi connectivity index (χ4n) is 2.12. The molecule has 0 saturated carbocycles. The van der Waals surface area contributed by atoms with Crippen LogP contribution in [0.5, 0.6) is 11.5 Å². The zero-order valence-corrected chi connectivity index (χ0v) is 13.0. The number of nitrogens with zero attached hydrogens (tertiary/aromatic N) is 1. The van der Waals surface area contributed by atoms with Gasteiger partial charge >= 0.3 is 6.03 Å². The summed E-state index contributed by atoms with van der Waals surface area (Å²) in [4.78, 5) is 14.1. The molecular weight excluding hydrogens is 280 g/mol. The molecule has 0 aliphatic rings. The van der Waals surface area contributed by atoms with Crippen molar-refractivity contribution in [3.63, 3.8) is 0 Å². The Morgan fingerprint density at radius 3 is 2.14 bits per heavy atom. The van der Waals surface area contributed by atoms with E-state index in [-0.39, 0.29) is 6.03 Å². The monoisotopic (exact) mass is 300 g/mol. The van der Waals surface area contributed by atoms with Gasteiger partial charge in [0.1, 0.15) is 11.5 Å². The SMILES string of the molecule is CCN(C(=O)Nc1cc(OC)cc(OC)c1)c1ccccc1. The molecule has 5 heteroatoms. The maximum atomic E-state index is 12.5. The highest BCUT2D eigenvalue weighted by atomic mass is 16.5. The van der Waals surface area contributed by atoms with Gasteiger partial charge in [-0.3, -0.25) is 4.90 Å². The van der Waals surface area contributed by atoms with Gasteiger partial charge in [0.15, 0.2) is 0 Å². The first kappa shape index (κ1) is 15.7. The van der Waals surface area contributed by atoms with E-state index in [0.29, 0.717) is 23.7 Å². The van der Waals surface area contributed by atoms with Crippen molar-refractivity contribution < 1.29 is 14.3 Å². The Bertz CT molecular complexity index is 607. The fourth-order valence-corrected chi connectivity index (χ4v) is 2.12. The lowest BCUT2D eigenvalue weighted by molar-refractivity contribution is 0.257. The van der Waals surface area contributed by atoms with E-state index in [4.69, 9.17) is 9.47 Å². The highest BCUT2D eigenvalue weighted by Crippen LogP contribution is 2.26. The van der Waals surface area contributed by atoms with Gasteiger partial charge in [0.25, 0.3) is 0 Å². The zero-order chi connectivity index (χ0) is 15.9. The number of para-hydroxylation sites is 1. The van der Waals surface area contributed by atoms with E-state index in [2.05, 4.69) is 5.32 Å². The van der Waals surface area contributed by atoms with Crippen LogP contribution in [-0.4, -0.2) is 26.8 Å². The number of anilines is 2. The van der Waals surface area contributed by atoms with Gasteiger partial charge in [-0.15, -0.1) is 0 Å². The highest BCUT2D eigenvalue weighted by molar-refractivity contribution is 6.01. The third-order valence-corrected chi connectivity index (χ3v) is 3.23. The molecule has 0 aliphatic carbocycles. The van der Waals surface area contributed by atoms with E-state index >= 15 is 0 Å². The lowest BCUT2D eigenvalue weighted by Gasteiger charge is -2.21. The maximum Gasteiger partial charge on any atom is 0.326 e. The van der Waals surface area contributed by atoms with E-state index in [1.54, 1.807) is 37.3 Å². The molecule has 2 amide bonds. The summed E-state index contributed by atoms with van der Waals surface area (Å²) >= 11 is 0. The molecule has 0 bridgehead atoms. The molecule has 2 rings (SSSR count). The Kier molecular flexibility index (Phi) is 5.25. The predicted molar refractivity (Wildman–Crippen MR) is 88.0 cm³/mol. The molecule has 0 saturated heterocycles. The van der Waals surface area contributed by atoms with E-state index in [1.165, 1.54) is 0 Å². The number of carbonyl (C=O) groups is 1. The number of hydrogen-bond acceptors (Lipinski definition) is 3. The smallest absolute Gasteiger partial charge is 0.326 e. The number of benzene rings is 2. The van der Waals surface area contributed by atoms with Gasteiger partial charge in [0, 0.05) is 36.1 Å². The van der Waals surface area contributed by atoms with Crippen molar-refractivity contribution >= 4 is 17.4 Å². The predicted octanol–water partition coefficient (Wildman–Crippen LogP) is 3.76. The normalized spacial score (nSPS) is 9.95. The number of carbonyl (C=O) groups excluding carboxylic acids is 1. The van der Waals surface area contributed by atoms with Gasteiger partial charge in [-0.2, -0.15) is 0 Å². The number of urea groups is 1. The first-order valence-corrected chi connectivity index (χ1v) is 7.04. The summed E-state index contributed by atoms with van der Waals surface area (Å²) < 4.78 is 10.4. The van der Waals surface area contributed by atoms with Gasteiger partial charge < -0.3 is 14.8 Å². The van der Waals surface area contributed by atoms with Crippen LogP contribution < -0.4 is 19.7 Å². The number of ether oxygens (including phenoxy) is 2. The summed E-state index contributed by atoms with van der Waals surface area (Å²) in [5, 5.41) is 2.87. The van der Waals surface area contributed by atoms with Crippen LogP contribution in [-0.2, 0) is 0 Å². The van der Waals surface area contributed by atoms with E-state index < -0.39 is 0 Å². The second kappa shape index (κ2) is 7.36. The van der Waals surface area contributed by atoms with Crippen LogP contribution in [0, 0.1) is 0 Å². The maximum absolute atomic E-state index is 12.5. The molecule has 0 unspecified atom stereocenters. The average molecular weight is 300 g/mol. The summed E-state index contributed by atoms with van der Waals surface area (Å²) in [6, 6.07) is 14.6. The fraction of sp³-hybridized carbons (Fsp3) is 0.235. The van der Waals surface area contributed by atoms with Crippen molar-refractivity contribution in [2.45, 2.75) is 6.92 Å². The van der Waals surface area contributed by atoms with Gasteiger partial charge in [0.2, 0.25) is 0 Å². The number of hydrogen-bond donors (Lipinski definition) is 1. The lowest BCUT2D eigenvalue weighted by Crippen LogP contribution is -2.34. The van der Waals surface area contributed by atoms with Crippen LogP contribution in [0.2, 0.25) is 0 Å². The summed E-state index contributed by atoms with van der Waals surface area (Å²) in [6.45, 7) is 2.50. The van der Waals surface area contributed by atoms with Crippen molar-refractivity contribution in [1.82, 2.24) is 0 Å². The molecule has 0 spiro atoms. The van der Waals surface area contributed by atoms with Gasteiger partial charge in [-0.1, -0.05) is 18.2 Å². The van der Waals surface area contributed by atoms with Crippen LogP contribution in [0.4, 0.5) is 16.2 Å². The molecule has 22 heavy (non-hydrogen) atoms. The molecule has 0 aliphatic heterocycles. The van der Waals surface area contributed by atoms with Gasteiger partial charge in [-0.05, 0) is 19.1 Å². The first-order chi connectivity index (χ1) is 10.7. The van der Waals surface area contributed by atoms with Crippen molar-refractivity contribution in [3.8, 4) is 11.5 Å². The summed E-state index contributed by atoms with van der Waals surface area (Å²) in [5.41, 5.74) is 1.47.